The van der Waals surface area contributed by atoms with Gasteiger partial charge in [-0.15, -0.1) is 0 Å². The molecule has 1 fully saturated rings. The van der Waals surface area contributed by atoms with E-state index in [1.165, 1.54) is 12.8 Å². The van der Waals surface area contributed by atoms with E-state index in [4.69, 9.17) is 4.74 Å². The highest BCUT2D eigenvalue weighted by Gasteiger charge is 2.27. The third-order valence-electron chi connectivity index (χ3n) is 4.16. The van der Waals surface area contributed by atoms with E-state index in [1.807, 2.05) is 43.3 Å². The minimum absolute atomic E-state index is 0.0294. The third-order valence-corrected chi connectivity index (χ3v) is 4.16. The van der Waals surface area contributed by atoms with Crippen molar-refractivity contribution in [3.05, 3.63) is 24.3 Å². The molecule has 5 nitrogen and oxygen atoms in total. The molecule has 1 N–H and O–H groups in total. The first-order valence-electron chi connectivity index (χ1n) is 7.97. The van der Waals surface area contributed by atoms with Crippen molar-refractivity contribution in [1.82, 2.24) is 9.80 Å². The fraction of sp³-hybridized carbons (Fsp3) is 0.588. The highest BCUT2D eigenvalue weighted by atomic mass is 16.5. The van der Waals surface area contributed by atoms with Gasteiger partial charge in [-0.25, -0.2) is 4.79 Å². The minimum Gasteiger partial charge on any atom is -0.495 e. The number of nitrogens with zero attached hydrogens (tertiary/aromatic N) is 2. The van der Waals surface area contributed by atoms with E-state index in [2.05, 4.69) is 10.2 Å². The fourth-order valence-electron chi connectivity index (χ4n) is 2.91. The largest absolute Gasteiger partial charge is 0.495 e. The second-order valence-corrected chi connectivity index (χ2v) is 6.07. The second-order valence-electron chi connectivity index (χ2n) is 6.07. The Balaban J connectivity index is 2.07. The molecule has 5 heteroatoms. The van der Waals surface area contributed by atoms with Crippen molar-refractivity contribution in [3.63, 3.8) is 0 Å². The number of amides is 2. The molecule has 22 heavy (non-hydrogen) atoms. The molecule has 2 amide bonds. The zero-order chi connectivity index (χ0) is 15.9. The lowest BCUT2D eigenvalue weighted by Gasteiger charge is -2.30. The topological polar surface area (TPSA) is 44.8 Å². The van der Waals surface area contributed by atoms with Crippen molar-refractivity contribution in [2.45, 2.75) is 31.7 Å². The lowest BCUT2D eigenvalue weighted by molar-refractivity contribution is 0.180. The van der Waals surface area contributed by atoms with Gasteiger partial charge in [-0.1, -0.05) is 25.0 Å². The Bertz CT molecular complexity index is 485. The molecule has 0 saturated heterocycles. The van der Waals surface area contributed by atoms with Crippen molar-refractivity contribution in [2.24, 2.45) is 0 Å². The average Bonchev–Trinajstić information content (AvgIpc) is 3.02. The van der Waals surface area contributed by atoms with E-state index in [-0.39, 0.29) is 6.03 Å². The van der Waals surface area contributed by atoms with Gasteiger partial charge in [0.25, 0.3) is 0 Å². The van der Waals surface area contributed by atoms with E-state index in [9.17, 15) is 4.79 Å². The second kappa shape index (κ2) is 8.03. The quantitative estimate of drug-likeness (QED) is 0.878. The molecule has 1 saturated carbocycles. The number of urea groups is 1. The Morgan fingerprint density at radius 1 is 1.23 bits per heavy atom. The van der Waals surface area contributed by atoms with Gasteiger partial charge in [-0.3, -0.25) is 0 Å². The van der Waals surface area contributed by atoms with Gasteiger partial charge in [-0.2, -0.15) is 0 Å². The summed E-state index contributed by atoms with van der Waals surface area (Å²) in [4.78, 5) is 16.8. The van der Waals surface area contributed by atoms with Crippen LogP contribution in [-0.4, -0.2) is 56.2 Å². The Hall–Kier alpha value is -1.75. The van der Waals surface area contributed by atoms with Crippen LogP contribution in [0.3, 0.4) is 0 Å². The molecular formula is C17H27N3O2. The van der Waals surface area contributed by atoms with Crippen molar-refractivity contribution >= 4 is 11.7 Å². The zero-order valence-electron chi connectivity index (χ0n) is 13.8. The summed E-state index contributed by atoms with van der Waals surface area (Å²) < 4.78 is 5.31. The summed E-state index contributed by atoms with van der Waals surface area (Å²) in [6, 6.07) is 7.85. The van der Waals surface area contributed by atoms with E-state index in [0.29, 0.717) is 11.8 Å². The average molecular weight is 305 g/mol. The molecule has 1 aliphatic carbocycles. The predicted molar refractivity (Wildman–Crippen MR) is 89.5 cm³/mol. The van der Waals surface area contributed by atoms with Crippen LogP contribution in [0.15, 0.2) is 24.3 Å². The molecule has 0 aromatic heterocycles. The van der Waals surface area contributed by atoms with Crippen LogP contribution in [0.4, 0.5) is 10.5 Å². The Kier molecular flexibility index (Phi) is 6.07. The normalized spacial score (nSPS) is 15.1. The fourth-order valence-corrected chi connectivity index (χ4v) is 2.91. The molecule has 0 radical (unpaired) electrons. The number of hydrogen-bond acceptors (Lipinski definition) is 3. The lowest BCUT2D eigenvalue weighted by Crippen LogP contribution is -2.45. The maximum atomic E-state index is 12.7. The number of hydrogen-bond donors (Lipinski definition) is 1. The number of para-hydroxylation sites is 2. The smallest absolute Gasteiger partial charge is 0.322 e. The number of rotatable bonds is 6. The number of ether oxygens (including phenoxy) is 1. The van der Waals surface area contributed by atoms with E-state index < -0.39 is 0 Å². The van der Waals surface area contributed by atoms with Crippen LogP contribution in [-0.2, 0) is 0 Å². The molecule has 0 spiro atoms. The number of benzene rings is 1. The molecule has 1 aliphatic rings. The molecule has 122 valence electrons. The van der Waals surface area contributed by atoms with Crippen molar-refractivity contribution in [3.8, 4) is 5.75 Å². The molecular weight excluding hydrogens is 278 g/mol. The summed E-state index contributed by atoms with van der Waals surface area (Å²) in [5.74, 6) is 0.690. The molecule has 2 rings (SSSR count). The first kappa shape index (κ1) is 16.6. The van der Waals surface area contributed by atoms with E-state index in [1.54, 1.807) is 7.11 Å². The summed E-state index contributed by atoms with van der Waals surface area (Å²) in [6.07, 6.45) is 4.63. The molecule has 0 aliphatic heterocycles. The predicted octanol–water partition coefficient (Wildman–Crippen LogP) is 3.03. The van der Waals surface area contributed by atoms with Gasteiger partial charge >= 0.3 is 6.03 Å². The van der Waals surface area contributed by atoms with Crippen LogP contribution >= 0.6 is 0 Å². The van der Waals surface area contributed by atoms with Gasteiger partial charge in [0, 0.05) is 19.1 Å². The van der Waals surface area contributed by atoms with Gasteiger partial charge in [0.15, 0.2) is 0 Å². The maximum absolute atomic E-state index is 12.7. The first-order valence-corrected chi connectivity index (χ1v) is 7.97. The molecule has 1 aromatic rings. The standard InChI is InChI=1S/C17H27N3O2/c1-19(2)12-13-20(14-8-4-5-9-14)17(21)18-15-10-6-7-11-16(15)22-3/h6-7,10-11,14H,4-5,8-9,12-13H2,1-3H3,(H,18,21). The van der Waals surface area contributed by atoms with Gasteiger partial charge < -0.3 is 19.9 Å². The van der Waals surface area contributed by atoms with Crippen LogP contribution in [0.25, 0.3) is 0 Å². The van der Waals surface area contributed by atoms with Crippen LogP contribution in [0, 0.1) is 0 Å². The Labute approximate surface area is 133 Å². The number of methoxy groups -OCH3 is 1. The minimum atomic E-state index is -0.0294. The van der Waals surface area contributed by atoms with Crippen LogP contribution in [0.1, 0.15) is 25.7 Å². The van der Waals surface area contributed by atoms with Crippen molar-refractivity contribution < 1.29 is 9.53 Å². The summed E-state index contributed by atoms with van der Waals surface area (Å²) in [5.41, 5.74) is 0.725. The number of carbonyl (C=O) groups is 1. The maximum Gasteiger partial charge on any atom is 0.322 e. The van der Waals surface area contributed by atoms with E-state index in [0.717, 1.165) is 31.6 Å². The van der Waals surface area contributed by atoms with Gasteiger partial charge in [0.05, 0.1) is 12.8 Å². The number of anilines is 1. The van der Waals surface area contributed by atoms with Gasteiger partial charge in [0.1, 0.15) is 5.75 Å². The van der Waals surface area contributed by atoms with Crippen LogP contribution in [0.2, 0.25) is 0 Å². The first-order chi connectivity index (χ1) is 10.6. The number of nitrogens with one attached hydrogen (secondary N) is 1. The molecule has 1 aromatic carbocycles. The number of carbonyl (C=O) groups excluding carboxylic acids is 1. The van der Waals surface area contributed by atoms with Crippen molar-refractivity contribution in [2.75, 3.05) is 39.6 Å². The Morgan fingerprint density at radius 3 is 2.55 bits per heavy atom. The van der Waals surface area contributed by atoms with E-state index >= 15 is 0 Å². The monoisotopic (exact) mass is 305 g/mol. The summed E-state index contributed by atoms with van der Waals surface area (Å²) in [7, 11) is 5.68. The van der Waals surface area contributed by atoms with Gasteiger partial charge in [0.2, 0.25) is 0 Å². The molecule has 0 atom stereocenters. The summed E-state index contributed by atoms with van der Waals surface area (Å²) in [6.45, 7) is 1.62. The van der Waals surface area contributed by atoms with Crippen LogP contribution < -0.4 is 10.1 Å². The van der Waals surface area contributed by atoms with Gasteiger partial charge in [-0.05, 0) is 39.1 Å². The molecule has 0 heterocycles. The highest BCUT2D eigenvalue weighted by molar-refractivity contribution is 5.91. The lowest BCUT2D eigenvalue weighted by atomic mass is 10.2. The molecule has 0 unspecified atom stereocenters. The summed E-state index contributed by atoms with van der Waals surface area (Å²) >= 11 is 0. The zero-order valence-corrected chi connectivity index (χ0v) is 13.8. The number of likely N-dealkylation sites (N-methyl/N-ethyl adjacent to an activating group) is 1. The SMILES string of the molecule is COc1ccccc1NC(=O)N(CCN(C)C)C1CCCC1. The van der Waals surface area contributed by atoms with Crippen LogP contribution in [0.5, 0.6) is 5.75 Å². The Morgan fingerprint density at radius 2 is 1.91 bits per heavy atom. The summed E-state index contributed by atoms with van der Waals surface area (Å²) in [5, 5.41) is 3.01. The third kappa shape index (κ3) is 4.37. The van der Waals surface area contributed by atoms with Crippen molar-refractivity contribution in [1.29, 1.82) is 0 Å². The highest BCUT2D eigenvalue weighted by Crippen LogP contribution is 2.26. The molecule has 0 bridgehead atoms.